The minimum atomic E-state index is -0.330. The van der Waals surface area contributed by atoms with Crippen molar-refractivity contribution in [3.8, 4) is 5.75 Å². The Kier molecular flexibility index (Phi) is 7.96. The van der Waals surface area contributed by atoms with Gasteiger partial charge in [-0.2, -0.15) is 0 Å². The van der Waals surface area contributed by atoms with E-state index in [1.54, 1.807) is 7.11 Å². The number of ether oxygens (including phenoxy) is 1. The highest BCUT2D eigenvalue weighted by atomic mass is 35.5. The van der Waals surface area contributed by atoms with Crippen molar-refractivity contribution in [2.75, 3.05) is 7.11 Å². The average molecular weight is 409 g/mol. The number of methoxy groups -OCH3 is 1. The number of benzene rings is 2. The fourth-order valence-electron chi connectivity index (χ4n) is 3.65. The van der Waals surface area contributed by atoms with E-state index in [0.717, 1.165) is 36.1 Å². The molecule has 146 valence electrons. The molecule has 0 radical (unpaired) electrons. The number of halogens is 2. The van der Waals surface area contributed by atoms with Crippen LogP contribution in [0.4, 0.5) is 0 Å². The molecule has 1 aliphatic carbocycles. The van der Waals surface area contributed by atoms with Crippen molar-refractivity contribution < 1.29 is 9.53 Å². The molecule has 1 amide bonds. The quantitative estimate of drug-likeness (QED) is 0.739. The van der Waals surface area contributed by atoms with Crippen molar-refractivity contribution in [3.63, 3.8) is 0 Å². The van der Waals surface area contributed by atoms with Crippen LogP contribution in [-0.4, -0.2) is 19.1 Å². The largest absolute Gasteiger partial charge is 0.497 e. The lowest BCUT2D eigenvalue weighted by molar-refractivity contribution is -0.122. The highest BCUT2D eigenvalue weighted by molar-refractivity contribution is 6.31. The number of carbonyl (C=O) groups is 1. The van der Waals surface area contributed by atoms with Crippen molar-refractivity contribution in [2.24, 2.45) is 11.7 Å². The molecule has 4 nitrogen and oxygen atoms in total. The molecule has 3 rings (SSSR count). The molecule has 0 aromatic heterocycles. The topological polar surface area (TPSA) is 64.3 Å². The van der Waals surface area contributed by atoms with Crippen LogP contribution in [0.1, 0.15) is 42.9 Å². The summed E-state index contributed by atoms with van der Waals surface area (Å²) in [6, 6.07) is 15.1. The molecular weight excluding hydrogens is 383 g/mol. The third kappa shape index (κ3) is 5.38. The molecule has 0 spiro atoms. The first-order chi connectivity index (χ1) is 12.6. The zero-order valence-electron chi connectivity index (χ0n) is 15.4. The minimum absolute atomic E-state index is 0. The van der Waals surface area contributed by atoms with Crippen LogP contribution in [0.15, 0.2) is 48.5 Å². The number of nitrogens with two attached hydrogens (primary N) is 1. The summed E-state index contributed by atoms with van der Waals surface area (Å²) in [4.78, 5) is 12.7. The van der Waals surface area contributed by atoms with Crippen LogP contribution < -0.4 is 15.8 Å². The van der Waals surface area contributed by atoms with E-state index in [4.69, 9.17) is 22.1 Å². The molecular formula is C21H26Cl2N2O2. The van der Waals surface area contributed by atoms with Crippen molar-refractivity contribution in [1.82, 2.24) is 5.32 Å². The van der Waals surface area contributed by atoms with Gasteiger partial charge in [-0.3, -0.25) is 4.79 Å². The SMILES string of the molecule is COc1cccc(C(NC(=O)C[C@@H]2CCC[C@H]2N)c2ccccc2Cl)c1.Cl. The van der Waals surface area contributed by atoms with Gasteiger partial charge >= 0.3 is 0 Å². The van der Waals surface area contributed by atoms with Gasteiger partial charge in [-0.25, -0.2) is 0 Å². The second-order valence-corrected chi connectivity index (χ2v) is 7.26. The molecule has 2 aromatic carbocycles. The Morgan fingerprint density at radius 3 is 2.70 bits per heavy atom. The Hall–Kier alpha value is -1.75. The van der Waals surface area contributed by atoms with E-state index in [-0.39, 0.29) is 36.3 Å². The summed E-state index contributed by atoms with van der Waals surface area (Å²) in [7, 11) is 1.63. The van der Waals surface area contributed by atoms with Gasteiger partial charge in [0.2, 0.25) is 5.91 Å². The average Bonchev–Trinajstić information content (AvgIpc) is 3.05. The summed E-state index contributed by atoms with van der Waals surface area (Å²) in [5.41, 5.74) is 7.92. The fourth-order valence-corrected chi connectivity index (χ4v) is 3.89. The lowest BCUT2D eigenvalue weighted by atomic mass is 9.96. The molecule has 3 N–H and O–H groups in total. The standard InChI is InChI=1S/C21H25ClN2O2.ClH/c1-26-16-8-4-7-15(12-16)21(17-9-2-3-10-18(17)22)24-20(25)13-14-6-5-11-19(14)23;/h2-4,7-10,12,14,19,21H,5-6,11,13,23H2,1H3,(H,24,25);1H/t14-,19+,21?;/m0./s1. The molecule has 3 atom stereocenters. The predicted octanol–water partition coefficient (Wildman–Crippen LogP) is 4.49. The normalized spacial score (nSPS) is 19.8. The second kappa shape index (κ2) is 9.98. The molecule has 0 saturated heterocycles. The van der Waals surface area contributed by atoms with E-state index in [1.165, 1.54) is 0 Å². The van der Waals surface area contributed by atoms with Gasteiger partial charge in [-0.05, 0) is 48.1 Å². The third-order valence-corrected chi connectivity index (χ3v) is 5.46. The number of nitrogens with one attached hydrogen (secondary N) is 1. The van der Waals surface area contributed by atoms with Gasteiger partial charge in [-0.15, -0.1) is 12.4 Å². The van der Waals surface area contributed by atoms with Crippen LogP contribution in [0.5, 0.6) is 5.75 Å². The van der Waals surface area contributed by atoms with E-state index in [0.29, 0.717) is 11.4 Å². The molecule has 1 aliphatic rings. The number of amides is 1. The van der Waals surface area contributed by atoms with Gasteiger partial charge in [0.1, 0.15) is 5.75 Å². The van der Waals surface area contributed by atoms with Crippen LogP contribution in [0.25, 0.3) is 0 Å². The molecule has 0 bridgehead atoms. The summed E-state index contributed by atoms with van der Waals surface area (Å²) < 4.78 is 5.34. The lowest BCUT2D eigenvalue weighted by Crippen LogP contribution is -2.34. The predicted molar refractivity (Wildman–Crippen MR) is 112 cm³/mol. The Labute approximate surface area is 171 Å². The summed E-state index contributed by atoms with van der Waals surface area (Å²) in [6.45, 7) is 0. The summed E-state index contributed by atoms with van der Waals surface area (Å²) >= 11 is 6.42. The zero-order valence-corrected chi connectivity index (χ0v) is 16.9. The van der Waals surface area contributed by atoms with Crippen LogP contribution in [0, 0.1) is 5.92 Å². The van der Waals surface area contributed by atoms with Gasteiger partial charge in [0.05, 0.1) is 13.2 Å². The number of hydrogen-bond acceptors (Lipinski definition) is 3. The number of hydrogen-bond donors (Lipinski definition) is 2. The third-order valence-electron chi connectivity index (χ3n) is 5.11. The minimum Gasteiger partial charge on any atom is -0.497 e. The second-order valence-electron chi connectivity index (χ2n) is 6.86. The van der Waals surface area contributed by atoms with Crippen LogP contribution in [0.2, 0.25) is 5.02 Å². The van der Waals surface area contributed by atoms with E-state index in [2.05, 4.69) is 5.32 Å². The Morgan fingerprint density at radius 2 is 2.04 bits per heavy atom. The maximum atomic E-state index is 12.7. The summed E-state index contributed by atoms with van der Waals surface area (Å²) in [5.74, 6) is 0.999. The van der Waals surface area contributed by atoms with E-state index < -0.39 is 0 Å². The summed E-state index contributed by atoms with van der Waals surface area (Å²) in [5, 5.41) is 3.78. The highest BCUT2D eigenvalue weighted by Crippen LogP contribution is 2.31. The van der Waals surface area contributed by atoms with Crippen molar-refractivity contribution in [3.05, 3.63) is 64.7 Å². The Morgan fingerprint density at radius 1 is 1.26 bits per heavy atom. The van der Waals surface area contributed by atoms with E-state index >= 15 is 0 Å². The molecule has 2 aromatic rings. The lowest BCUT2D eigenvalue weighted by Gasteiger charge is -2.23. The molecule has 0 aliphatic heterocycles. The van der Waals surface area contributed by atoms with Gasteiger partial charge in [0.15, 0.2) is 0 Å². The first kappa shape index (κ1) is 21.5. The van der Waals surface area contributed by atoms with Gasteiger partial charge < -0.3 is 15.8 Å². The van der Waals surface area contributed by atoms with Crippen molar-refractivity contribution in [2.45, 2.75) is 37.8 Å². The Bertz CT molecular complexity index is 769. The van der Waals surface area contributed by atoms with E-state index in [9.17, 15) is 4.79 Å². The van der Waals surface area contributed by atoms with Crippen LogP contribution in [-0.2, 0) is 4.79 Å². The van der Waals surface area contributed by atoms with Crippen LogP contribution in [0.3, 0.4) is 0 Å². The monoisotopic (exact) mass is 408 g/mol. The molecule has 1 unspecified atom stereocenters. The highest BCUT2D eigenvalue weighted by Gasteiger charge is 2.27. The Balaban J connectivity index is 0.00000261. The maximum Gasteiger partial charge on any atom is 0.221 e. The summed E-state index contributed by atoms with van der Waals surface area (Å²) in [6.07, 6.45) is 3.57. The maximum absolute atomic E-state index is 12.7. The smallest absolute Gasteiger partial charge is 0.221 e. The van der Waals surface area contributed by atoms with Gasteiger partial charge in [0, 0.05) is 17.5 Å². The molecule has 6 heteroatoms. The molecule has 27 heavy (non-hydrogen) atoms. The van der Waals surface area contributed by atoms with Crippen LogP contribution >= 0.6 is 24.0 Å². The zero-order chi connectivity index (χ0) is 18.5. The molecule has 1 saturated carbocycles. The first-order valence-corrected chi connectivity index (χ1v) is 9.39. The number of rotatable bonds is 6. The molecule has 1 fully saturated rings. The van der Waals surface area contributed by atoms with Crippen molar-refractivity contribution in [1.29, 1.82) is 0 Å². The van der Waals surface area contributed by atoms with E-state index in [1.807, 2.05) is 48.5 Å². The van der Waals surface area contributed by atoms with Gasteiger partial charge in [0.25, 0.3) is 0 Å². The first-order valence-electron chi connectivity index (χ1n) is 9.02. The fraction of sp³-hybridized carbons (Fsp3) is 0.381. The molecule has 0 heterocycles. The van der Waals surface area contributed by atoms with Crippen molar-refractivity contribution >= 4 is 29.9 Å². The number of carbonyl (C=O) groups excluding carboxylic acids is 1. The van der Waals surface area contributed by atoms with Gasteiger partial charge in [-0.1, -0.05) is 48.4 Å².